The summed E-state index contributed by atoms with van der Waals surface area (Å²) >= 11 is 0. The first kappa shape index (κ1) is 17.0. The van der Waals surface area contributed by atoms with Gasteiger partial charge in [0.05, 0.1) is 18.6 Å². The van der Waals surface area contributed by atoms with E-state index in [0.717, 1.165) is 18.4 Å². The van der Waals surface area contributed by atoms with Crippen molar-refractivity contribution < 1.29 is 14.3 Å². The van der Waals surface area contributed by atoms with Gasteiger partial charge in [-0.2, -0.15) is 0 Å². The maximum absolute atomic E-state index is 12.8. The molecule has 0 unspecified atom stereocenters. The van der Waals surface area contributed by atoms with Crippen LogP contribution in [0.2, 0.25) is 0 Å². The van der Waals surface area contributed by atoms with Gasteiger partial charge < -0.3 is 15.0 Å². The first-order valence-electron chi connectivity index (χ1n) is 8.84. The molecule has 1 heterocycles. The van der Waals surface area contributed by atoms with Crippen molar-refractivity contribution >= 4 is 11.8 Å². The Bertz CT molecular complexity index is 569. The minimum Gasteiger partial charge on any atom is -0.383 e. The van der Waals surface area contributed by atoms with E-state index in [-0.39, 0.29) is 36.2 Å². The van der Waals surface area contributed by atoms with Gasteiger partial charge in [-0.3, -0.25) is 9.59 Å². The lowest BCUT2D eigenvalue weighted by atomic mass is 9.92. The molecular formula is C19H26N2O3. The van der Waals surface area contributed by atoms with Crippen molar-refractivity contribution in [2.45, 2.75) is 44.2 Å². The molecule has 0 spiro atoms. The van der Waals surface area contributed by atoms with E-state index >= 15 is 0 Å². The number of benzene rings is 1. The van der Waals surface area contributed by atoms with E-state index in [9.17, 15) is 9.59 Å². The van der Waals surface area contributed by atoms with Crippen molar-refractivity contribution in [1.29, 1.82) is 0 Å². The molecule has 5 nitrogen and oxygen atoms in total. The van der Waals surface area contributed by atoms with Crippen molar-refractivity contribution in [3.63, 3.8) is 0 Å². The predicted molar refractivity (Wildman–Crippen MR) is 91.3 cm³/mol. The fourth-order valence-corrected chi connectivity index (χ4v) is 3.92. The van der Waals surface area contributed by atoms with Gasteiger partial charge in [0.25, 0.3) is 0 Å². The first-order chi connectivity index (χ1) is 11.7. The van der Waals surface area contributed by atoms with E-state index in [1.807, 2.05) is 30.3 Å². The summed E-state index contributed by atoms with van der Waals surface area (Å²) < 4.78 is 5.15. The second-order valence-electron chi connectivity index (χ2n) is 6.74. The number of nitrogens with one attached hydrogen (secondary N) is 1. The van der Waals surface area contributed by atoms with Crippen LogP contribution in [-0.4, -0.2) is 43.0 Å². The molecule has 0 bridgehead atoms. The van der Waals surface area contributed by atoms with Gasteiger partial charge in [0.1, 0.15) is 0 Å². The summed E-state index contributed by atoms with van der Waals surface area (Å²) in [6.45, 7) is 0.994. The third-order valence-electron chi connectivity index (χ3n) is 5.15. The lowest BCUT2D eigenvalue weighted by Crippen LogP contribution is -2.40. The number of hydrogen-bond donors (Lipinski definition) is 1. The normalized spacial score (nSPS) is 24.5. The third-order valence-corrected chi connectivity index (χ3v) is 5.15. The zero-order valence-electron chi connectivity index (χ0n) is 14.2. The van der Waals surface area contributed by atoms with Gasteiger partial charge in [-0.15, -0.1) is 0 Å². The number of carbonyl (C=O) groups excluding carboxylic acids is 2. The highest BCUT2D eigenvalue weighted by atomic mass is 16.5. The van der Waals surface area contributed by atoms with E-state index in [2.05, 4.69) is 5.32 Å². The van der Waals surface area contributed by atoms with Crippen LogP contribution < -0.4 is 5.32 Å². The number of rotatable bonds is 6. The number of amides is 2. The van der Waals surface area contributed by atoms with Gasteiger partial charge in [-0.1, -0.05) is 43.2 Å². The van der Waals surface area contributed by atoms with Crippen molar-refractivity contribution in [3.05, 3.63) is 35.9 Å². The standard InChI is InChI=1S/C19H26N2O3/c1-24-12-11-21-17(22)13-16(18(21)14-7-3-2-4-8-14)19(23)20-15-9-5-6-10-15/h2-4,7-8,15-16,18H,5-6,9-13H2,1H3,(H,20,23)/t16-,18+/m1/s1. The van der Waals surface area contributed by atoms with Crippen LogP contribution in [0.25, 0.3) is 0 Å². The largest absolute Gasteiger partial charge is 0.383 e. The molecule has 5 heteroatoms. The Kier molecular flexibility index (Phi) is 5.51. The Morgan fingerprint density at radius 2 is 1.96 bits per heavy atom. The first-order valence-corrected chi connectivity index (χ1v) is 8.84. The Labute approximate surface area is 143 Å². The Morgan fingerprint density at radius 1 is 1.25 bits per heavy atom. The Hall–Kier alpha value is -1.88. The molecule has 0 aromatic heterocycles. The second-order valence-corrected chi connectivity index (χ2v) is 6.74. The lowest BCUT2D eigenvalue weighted by Gasteiger charge is -2.28. The quantitative estimate of drug-likeness (QED) is 0.870. The van der Waals surface area contributed by atoms with Crippen molar-refractivity contribution in [3.8, 4) is 0 Å². The molecule has 2 fully saturated rings. The van der Waals surface area contributed by atoms with E-state index in [1.54, 1.807) is 12.0 Å². The van der Waals surface area contributed by atoms with Crippen LogP contribution in [0.1, 0.15) is 43.7 Å². The molecule has 0 radical (unpaired) electrons. The minimum atomic E-state index is -0.322. The SMILES string of the molecule is COCCN1C(=O)C[C@@H](C(=O)NC2CCCC2)[C@@H]1c1ccccc1. The molecule has 3 rings (SSSR count). The number of ether oxygens (including phenoxy) is 1. The lowest BCUT2D eigenvalue weighted by molar-refractivity contribution is -0.129. The predicted octanol–water partition coefficient (Wildman–Crippen LogP) is 2.28. The van der Waals surface area contributed by atoms with Crippen LogP contribution in [0.4, 0.5) is 0 Å². The molecular weight excluding hydrogens is 304 g/mol. The summed E-state index contributed by atoms with van der Waals surface area (Å²) in [4.78, 5) is 27.1. The maximum Gasteiger partial charge on any atom is 0.226 e. The molecule has 2 aliphatic rings. The number of hydrogen-bond acceptors (Lipinski definition) is 3. The van der Waals surface area contributed by atoms with Crippen molar-refractivity contribution in [1.82, 2.24) is 10.2 Å². The fourth-order valence-electron chi connectivity index (χ4n) is 3.92. The third kappa shape index (κ3) is 3.61. The van der Waals surface area contributed by atoms with E-state index < -0.39 is 0 Å². The Balaban J connectivity index is 1.80. The summed E-state index contributed by atoms with van der Waals surface area (Å²) in [5.41, 5.74) is 1.02. The van der Waals surface area contributed by atoms with Crippen LogP contribution in [0.3, 0.4) is 0 Å². The van der Waals surface area contributed by atoms with Crippen LogP contribution in [0.15, 0.2) is 30.3 Å². The van der Waals surface area contributed by atoms with Gasteiger partial charge in [0.15, 0.2) is 0 Å². The highest BCUT2D eigenvalue weighted by molar-refractivity contribution is 5.90. The van der Waals surface area contributed by atoms with E-state index in [0.29, 0.717) is 13.2 Å². The highest BCUT2D eigenvalue weighted by Gasteiger charge is 2.44. The van der Waals surface area contributed by atoms with Crippen LogP contribution in [-0.2, 0) is 14.3 Å². The molecule has 1 aromatic carbocycles. The highest BCUT2D eigenvalue weighted by Crippen LogP contribution is 2.38. The smallest absolute Gasteiger partial charge is 0.226 e. The average Bonchev–Trinajstić information content (AvgIpc) is 3.21. The summed E-state index contributed by atoms with van der Waals surface area (Å²) in [7, 11) is 1.63. The van der Waals surface area contributed by atoms with E-state index in [4.69, 9.17) is 4.74 Å². The second kappa shape index (κ2) is 7.79. The van der Waals surface area contributed by atoms with Gasteiger partial charge in [-0.05, 0) is 18.4 Å². The molecule has 2 atom stereocenters. The molecule has 130 valence electrons. The van der Waals surface area contributed by atoms with Crippen LogP contribution >= 0.6 is 0 Å². The molecule has 24 heavy (non-hydrogen) atoms. The Morgan fingerprint density at radius 3 is 2.62 bits per heavy atom. The number of nitrogens with zero attached hydrogens (tertiary/aromatic N) is 1. The summed E-state index contributed by atoms with van der Waals surface area (Å²) in [5.74, 6) is -0.270. The molecule has 1 saturated heterocycles. The van der Waals surface area contributed by atoms with E-state index in [1.165, 1.54) is 12.8 Å². The minimum absolute atomic E-state index is 0.0176. The number of carbonyl (C=O) groups is 2. The average molecular weight is 330 g/mol. The molecule has 1 aromatic rings. The summed E-state index contributed by atoms with van der Waals surface area (Å²) in [6, 6.07) is 9.94. The topological polar surface area (TPSA) is 58.6 Å². The summed E-state index contributed by atoms with van der Waals surface area (Å²) in [6.07, 6.45) is 4.74. The molecule has 1 aliphatic heterocycles. The maximum atomic E-state index is 12.8. The molecule has 2 amide bonds. The zero-order valence-corrected chi connectivity index (χ0v) is 14.2. The van der Waals surface area contributed by atoms with Gasteiger partial charge >= 0.3 is 0 Å². The van der Waals surface area contributed by atoms with Gasteiger partial charge in [0.2, 0.25) is 11.8 Å². The van der Waals surface area contributed by atoms with Crippen molar-refractivity contribution in [2.24, 2.45) is 5.92 Å². The summed E-state index contributed by atoms with van der Waals surface area (Å²) in [5, 5.41) is 3.17. The number of methoxy groups -OCH3 is 1. The van der Waals surface area contributed by atoms with Crippen molar-refractivity contribution in [2.75, 3.05) is 20.3 Å². The monoisotopic (exact) mass is 330 g/mol. The molecule has 1 saturated carbocycles. The fraction of sp³-hybridized carbons (Fsp3) is 0.579. The zero-order chi connectivity index (χ0) is 16.9. The van der Waals surface area contributed by atoms with Crippen LogP contribution in [0, 0.1) is 5.92 Å². The molecule has 1 N–H and O–H groups in total. The van der Waals surface area contributed by atoms with Crippen LogP contribution in [0.5, 0.6) is 0 Å². The molecule has 1 aliphatic carbocycles. The van der Waals surface area contributed by atoms with Gasteiger partial charge in [-0.25, -0.2) is 0 Å². The number of likely N-dealkylation sites (tertiary alicyclic amines) is 1. The van der Waals surface area contributed by atoms with Gasteiger partial charge in [0, 0.05) is 26.1 Å².